The third kappa shape index (κ3) is 1.89. The van der Waals surface area contributed by atoms with Crippen LogP contribution < -0.4 is 0 Å². The Morgan fingerprint density at radius 2 is 1.45 bits per heavy atom. The summed E-state index contributed by atoms with van der Waals surface area (Å²) >= 11 is 4.33. The molecule has 2 heteroatoms. The van der Waals surface area contributed by atoms with Crippen molar-refractivity contribution in [1.82, 2.24) is 0 Å². The summed E-state index contributed by atoms with van der Waals surface area (Å²) in [4.78, 5) is 0. The molecule has 0 bridgehead atoms. The Morgan fingerprint density at radius 3 is 2.09 bits per heavy atom. The van der Waals surface area contributed by atoms with Gasteiger partial charge in [-0.15, -0.1) is 0 Å². The summed E-state index contributed by atoms with van der Waals surface area (Å²) in [5, 5.41) is 1.35. The van der Waals surface area contributed by atoms with Crippen LogP contribution >= 0.6 is 23.5 Å². The molecule has 0 aromatic heterocycles. The van der Waals surface area contributed by atoms with E-state index in [2.05, 4.69) is 23.5 Å². The van der Waals surface area contributed by atoms with Gasteiger partial charge in [0, 0.05) is 16.6 Å². The van der Waals surface area contributed by atoms with E-state index < -0.39 is 0 Å². The SMILES string of the molecule is C1CCC2(CC1)CSCSC2. The highest BCUT2D eigenvalue weighted by Gasteiger charge is 2.33. The van der Waals surface area contributed by atoms with Crippen molar-refractivity contribution in [3.05, 3.63) is 0 Å². The molecule has 0 amide bonds. The van der Waals surface area contributed by atoms with E-state index in [-0.39, 0.29) is 0 Å². The van der Waals surface area contributed by atoms with E-state index in [4.69, 9.17) is 0 Å². The lowest BCUT2D eigenvalue weighted by atomic mass is 9.77. The van der Waals surface area contributed by atoms with E-state index in [1.165, 1.54) is 48.7 Å². The van der Waals surface area contributed by atoms with E-state index in [1.54, 1.807) is 0 Å². The third-order valence-electron chi connectivity index (χ3n) is 2.90. The highest BCUT2D eigenvalue weighted by Crippen LogP contribution is 2.45. The smallest absolute Gasteiger partial charge is 0.0392 e. The molecule has 1 spiro atoms. The molecule has 0 aromatic carbocycles. The highest BCUT2D eigenvalue weighted by molar-refractivity contribution is 8.16. The van der Waals surface area contributed by atoms with Gasteiger partial charge >= 0.3 is 0 Å². The molecule has 1 aliphatic heterocycles. The quantitative estimate of drug-likeness (QED) is 0.571. The summed E-state index contributed by atoms with van der Waals surface area (Å²) < 4.78 is 0. The van der Waals surface area contributed by atoms with Gasteiger partial charge in [-0.1, -0.05) is 19.3 Å². The molecule has 1 saturated carbocycles. The maximum Gasteiger partial charge on any atom is 0.0392 e. The second kappa shape index (κ2) is 3.61. The molecule has 0 aromatic rings. The highest BCUT2D eigenvalue weighted by atomic mass is 32.2. The molecule has 0 nitrogen and oxygen atoms in total. The van der Waals surface area contributed by atoms with Gasteiger partial charge in [0.25, 0.3) is 0 Å². The zero-order valence-electron chi connectivity index (χ0n) is 6.97. The van der Waals surface area contributed by atoms with E-state index in [0.29, 0.717) is 0 Å². The molecule has 0 radical (unpaired) electrons. The number of rotatable bonds is 0. The molecule has 1 saturated heterocycles. The summed E-state index contributed by atoms with van der Waals surface area (Å²) in [6.07, 6.45) is 7.54. The summed E-state index contributed by atoms with van der Waals surface area (Å²) in [5.74, 6) is 2.92. The van der Waals surface area contributed by atoms with Gasteiger partial charge in [0.05, 0.1) is 0 Å². The predicted octanol–water partition coefficient (Wildman–Crippen LogP) is 3.37. The minimum absolute atomic E-state index is 0.784. The van der Waals surface area contributed by atoms with Crippen LogP contribution in [-0.2, 0) is 0 Å². The average molecular weight is 188 g/mol. The molecular formula is C9H16S2. The normalized spacial score (nSPS) is 30.5. The Labute approximate surface area is 77.9 Å². The number of hydrogen-bond donors (Lipinski definition) is 0. The minimum atomic E-state index is 0.784. The van der Waals surface area contributed by atoms with Crippen molar-refractivity contribution in [2.24, 2.45) is 5.41 Å². The molecule has 0 atom stereocenters. The number of hydrogen-bond acceptors (Lipinski definition) is 2. The molecular weight excluding hydrogens is 172 g/mol. The molecule has 2 aliphatic rings. The van der Waals surface area contributed by atoms with Crippen LogP contribution in [0.15, 0.2) is 0 Å². The Morgan fingerprint density at radius 1 is 0.818 bits per heavy atom. The van der Waals surface area contributed by atoms with Gasteiger partial charge in [-0.25, -0.2) is 0 Å². The summed E-state index contributed by atoms with van der Waals surface area (Å²) in [7, 11) is 0. The maximum atomic E-state index is 2.16. The van der Waals surface area contributed by atoms with Crippen molar-refractivity contribution in [2.75, 3.05) is 16.6 Å². The molecule has 2 rings (SSSR count). The average Bonchev–Trinajstić information content (AvgIpc) is 2.07. The van der Waals surface area contributed by atoms with Gasteiger partial charge in [0.15, 0.2) is 0 Å². The van der Waals surface area contributed by atoms with Gasteiger partial charge in [-0.05, 0) is 18.3 Å². The standard InChI is InChI=1S/C9H16S2/c1-2-4-9(5-3-1)6-10-8-11-7-9/h1-8H2. The van der Waals surface area contributed by atoms with Crippen LogP contribution in [0.4, 0.5) is 0 Å². The number of thioether (sulfide) groups is 2. The van der Waals surface area contributed by atoms with Crippen molar-refractivity contribution in [2.45, 2.75) is 32.1 Å². The van der Waals surface area contributed by atoms with Crippen LogP contribution in [0.1, 0.15) is 32.1 Å². The molecule has 0 N–H and O–H groups in total. The van der Waals surface area contributed by atoms with Crippen LogP contribution in [0.2, 0.25) is 0 Å². The Kier molecular flexibility index (Phi) is 2.73. The third-order valence-corrected chi connectivity index (χ3v) is 5.86. The first-order chi connectivity index (χ1) is 5.41. The fourth-order valence-corrected chi connectivity index (χ4v) is 5.12. The first-order valence-corrected chi connectivity index (χ1v) is 6.88. The van der Waals surface area contributed by atoms with Gasteiger partial charge < -0.3 is 0 Å². The summed E-state index contributed by atoms with van der Waals surface area (Å²) in [6, 6.07) is 0. The Bertz CT molecular complexity index is 102. The monoisotopic (exact) mass is 188 g/mol. The van der Waals surface area contributed by atoms with Crippen LogP contribution in [-0.4, -0.2) is 16.6 Å². The van der Waals surface area contributed by atoms with E-state index in [0.717, 1.165) is 5.41 Å². The van der Waals surface area contributed by atoms with E-state index in [9.17, 15) is 0 Å². The van der Waals surface area contributed by atoms with E-state index >= 15 is 0 Å². The van der Waals surface area contributed by atoms with Crippen LogP contribution in [0, 0.1) is 5.41 Å². The van der Waals surface area contributed by atoms with Gasteiger partial charge in [-0.3, -0.25) is 0 Å². The summed E-state index contributed by atoms with van der Waals surface area (Å²) in [5.41, 5.74) is 0.784. The van der Waals surface area contributed by atoms with Crippen molar-refractivity contribution in [3.63, 3.8) is 0 Å². The lowest BCUT2D eigenvalue weighted by Crippen LogP contribution is -2.31. The largest absolute Gasteiger partial charge is 0.150 e. The van der Waals surface area contributed by atoms with Crippen molar-refractivity contribution in [3.8, 4) is 0 Å². The molecule has 1 aliphatic carbocycles. The molecule has 64 valence electrons. The summed E-state index contributed by atoms with van der Waals surface area (Å²) in [6.45, 7) is 0. The topological polar surface area (TPSA) is 0 Å². The lowest BCUT2D eigenvalue weighted by Gasteiger charge is -2.39. The van der Waals surface area contributed by atoms with Crippen LogP contribution in [0.3, 0.4) is 0 Å². The van der Waals surface area contributed by atoms with Crippen molar-refractivity contribution in [1.29, 1.82) is 0 Å². The fourth-order valence-electron chi connectivity index (χ4n) is 2.21. The first-order valence-electron chi connectivity index (χ1n) is 4.57. The van der Waals surface area contributed by atoms with Crippen LogP contribution in [0.25, 0.3) is 0 Å². The second-order valence-electron chi connectivity index (χ2n) is 3.88. The van der Waals surface area contributed by atoms with Crippen LogP contribution in [0.5, 0.6) is 0 Å². The van der Waals surface area contributed by atoms with E-state index in [1.807, 2.05) is 0 Å². The lowest BCUT2D eigenvalue weighted by molar-refractivity contribution is 0.257. The zero-order chi connectivity index (χ0) is 7.57. The second-order valence-corrected chi connectivity index (χ2v) is 6.21. The molecule has 0 unspecified atom stereocenters. The molecule has 1 heterocycles. The zero-order valence-corrected chi connectivity index (χ0v) is 8.61. The fraction of sp³-hybridized carbons (Fsp3) is 1.00. The van der Waals surface area contributed by atoms with Crippen molar-refractivity contribution < 1.29 is 0 Å². The Hall–Kier alpha value is 0.700. The molecule has 2 fully saturated rings. The predicted molar refractivity (Wildman–Crippen MR) is 55.3 cm³/mol. The first kappa shape index (κ1) is 8.31. The van der Waals surface area contributed by atoms with Gasteiger partial charge in [0.2, 0.25) is 0 Å². The van der Waals surface area contributed by atoms with Gasteiger partial charge in [-0.2, -0.15) is 23.5 Å². The molecule has 11 heavy (non-hydrogen) atoms. The van der Waals surface area contributed by atoms with Gasteiger partial charge in [0.1, 0.15) is 0 Å². The maximum absolute atomic E-state index is 2.16. The van der Waals surface area contributed by atoms with Crippen molar-refractivity contribution >= 4 is 23.5 Å². The minimum Gasteiger partial charge on any atom is -0.150 e. The Balaban J connectivity index is 1.94.